The molecule has 0 bridgehead atoms. The number of rotatable bonds is 3. The summed E-state index contributed by atoms with van der Waals surface area (Å²) in [6, 6.07) is 6.53. The quantitative estimate of drug-likeness (QED) is 0.919. The van der Waals surface area contributed by atoms with Crippen LogP contribution in [0.5, 0.6) is 11.5 Å². The SMILES string of the molecule is CC1CCCN(C(CN)c2ccc3c(c2)OCCO3)C1. The summed E-state index contributed by atoms with van der Waals surface area (Å²) < 4.78 is 11.3. The fraction of sp³-hybridized carbons (Fsp3) is 0.625. The molecule has 1 saturated heterocycles. The Kier molecular flexibility index (Phi) is 4.13. The first kappa shape index (κ1) is 13.7. The molecule has 4 nitrogen and oxygen atoms in total. The van der Waals surface area contributed by atoms with Gasteiger partial charge in [0.2, 0.25) is 0 Å². The van der Waals surface area contributed by atoms with Crippen molar-refractivity contribution < 1.29 is 9.47 Å². The second kappa shape index (κ2) is 6.02. The van der Waals surface area contributed by atoms with Gasteiger partial charge in [0.05, 0.1) is 0 Å². The van der Waals surface area contributed by atoms with E-state index >= 15 is 0 Å². The molecule has 0 aromatic heterocycles. The highest BCUT2D eigenvalue weighted by atomic mass is 16.6. The second-order valence-corrected chi connectivity index (χ2v) is 5.90. The zero-order chi connectivity index (χ0) is 13.9. The number of nitrogens with two attached hydrogens (primary N) is 1. The maximum atomic E-state index is 6.04. The lowest BCUT2D eigenvalue weighted by Gasteiger charge is -2.37. The van der Waals surface area contributed by atoms with Gasteiger partial charge in [0.1, 0.15) is 13.2 Å². The fourth-order valence-corrected chi connectivity index (χ4v) is 3.27. The molecule has 0 saturated carbocycles. The third-order valence-electron chi connectivity index (χ3n) is 4.30. The molecule has 4 heteroatoms. The Bertz CT molecular complexity index is 464. The zero-order valence-electron chi connectivity index (χ0n) is 12.2. The average molecular weight is 276 g/mol. The molecule has 0 amide bonds. The highest BCUT2D eigenvalue weighted by molar-refractivity contribution is 5.44. The van der Waals surface area contributed by atoms with Gasteiger partial charge in [0.25, 0.3) is 0 Å². The van der Waals surface area contributed by atoms with E-state index in [1.165, 1.54) is 18.4 Å². The molecular formula is C16H24N2O2. The molecule has 0 aliphatic carbocycles. The van der Waals surface area contributed by atoms with Gasteiger partial charge in [0, 0.05) is 19.1 Å². The molecular weight excluding hydrogens is 252 g/mol. The highest BCUT2D eigenvalue weighted by Gasteiger charge is 2.25. The van der Waals surface area contributed by atoms with Crippen molar-refractivity contribution in [3.63, 3.8) is 0 Å². The fourth-order valence-electron chi connectivity index (χ4n) is 3.27. The van der Waals surface area contributed by atoms with Gasteiger partial charge < -0.3 is 15.2 Å². The largest absolute Gasteiger partial charge is 0.486 e. The number of nitrogens with zero attached hydrogens (tertiary/aromatic N) is 1. The summed E-state index contributed by atoms with van der Waals surface area (Å²) in [7, 11) is 0. The summed E-state index contributed by atoms with van der Waals surface area (Å²) in [5.41, 5.74) is 7.28. The third kappa shape index (κ3) is 2.76. The monoisotopic (exact) mass is 276 g/mol. The lowest BCUT2D eigenvalue weighted by atomic mass is 9.96. The van der Waals surface area contributed by atoms with E-state index in [4.69, 9.17) is 15.2 Å². The van der Waals surface area contributed by atoms with Crippen LogP contribution in [0.2, 0.25) is 0 Å². The second-order valence-electron chi connectivity index (χ2n) is 5.90. The van der Waals surface area contributed by atoms with Gasteiger partial charge in [-0.3, -0.25) is 4.90 Å². The Morgan fingerprint density at radius 3 is 2.85 bits per heavy atom. The number of piperidine rings is 1. The molecule has 0 spiro atoms. The summed E-state index contributed by atoms with van der Waals surface area (Å²) in [5.74, 6) is 2.47. The lowest BCUT2D eigenvalue weighted by molar-refractivity contribution is 0.132. The van der Waals surface area contributed by atoms with Gasteiger partial charge >= 0.3 is 0 Å². The molecule has 2 aliphatic rings. The number of hydrogen-bond acceptors (Lipinski definition) is 4. The van der Waals surface area contributed by atoms with Crippen molar-refractivity contribution in [3.05, 3.63) is 23.8 Å². The van der Waals surface area contributed by atoms with E-state index < -0.39 is 0 Å². The standard InChI is InChI=1S/C16H24N2O2/c1-12-3-2-6-18(11-12)14(10-17)13-4-5-15-16(9-13)20-8-7-19-15/h4-5,9,12,14H,2-3,6-8,10-11,17H2,1H3. The van der Waals surface area contributed by atoms with Crippen LogP contribution < -0.4 is 15.2 Å². The van der Waals surface area contributed by atoms with E-state index in [2.05, 4.69) is 24.0 Å². The molecule has 20 heavy (non-hydrogen) atoms. The molecule has 3 rings (SSSR count). The van der Waals surface area contributed by atoms with Crippen LogP contribution in [0, 0.1) is 5.92 Å². The Hall–Kier alpha value is -1.26. The van der Waals surface area contributed by atoms with Gasteiger partial charge in [0.15, 0.2) is 11.5 Å². The summed E-state index contributed by atoms with van der Waals surface area (Å²) in [6.45, 7) is 6.51. The minimum absolute atomic E-state index is 0.286. The van der Waals surface area contributed by atoms with Crippen LogP contribution in [0.15, 0.2) is 18.2 Å². The molecule has 2 aliphatic heterocycles. The first-order valence-electron chi connectivity index (χ1n) is 7.61. The summed E-state index contributed by atoms with van der Waals surface area (Å²) in [5, 5.41) is 0. The van der Waals surface area contributed by atoms with E-state index in [-0.39, 0.29) is 6.04 Å². The van der Waals surface area contributed by atoms with E-state index in [9.17, 15) is 0 Å². The molecule has 1 aromatic rings. The van der Waals surface area contributed by atoms with E-state index in [1.807, 2.05) is 6.07 Å². The van der Waals surface area contributed by atoms with Crippen molar-refractivity contribution in [1.29, 1.82) is 0 Å². The van der Waals surface area contributed by atoms with Crippen LogP contribution >= 0.6 is 0 Å². The van der Waals surface area contributed by atoms with E-state index in [0.29, 0.717) is 19.8 Å². The van der Waals surface area contributed by atoms with Crippen molar-refractivity contribution >= 4 is 0 Å². The molecule has 1 aromatic carbocycles. The van der Waals surface area contributed by atoms with Crippen LogP contribution in [0.25, 0.3) is 0 Å². The van der Waals surface area contributed by atoms with Crippen molar-refractivity contribution in [2.24, 2.45) is 11.7 Å². The lowest BCUT2D eigenvalue weighted by Crippen LogP contribution is -2.40. The minimum Gasteiger partial charge on any atom is -0.486 e. The Balaban J connectivity index is 1.81. The molecule has 0 radical (unpaired) electrons. The Morgan fingerprint density at radius 1 is 1.30 bits per heavy atom. The van der Waals surface area contributed by atoms with Crippen LogP contribution in [0.4, 0.5) is 0 Å². The summed E-state index contributed by atoms with van der Waals surface area (Å²) in [6.07, 6.45) is 2.59. The molecule has 1 fully saturated rings. The maximum absolute atomic E-state index is 6.04. The number of benzene rings is 1. The summed E-state index contributed by atoms with van der Waals surface area (Å²) in [4.78, 5) is 2.51. The smallest absolute Gasteiger partial charge is 0.161 e. The first-order chi connectivity index (χ1) is 9.78. The van der Waals surface area contributed by atoms with E-state index in [0.717, 1.165) is 30.5 Å². The number of hydrogen-bond donors (Lipinski definition) is 1. The van der Waals surface area contributed by atoms with Crippen molar-refractivity contribution in [2.75, 3.05) is 32.8 Å². The summed E-state index contributed by atoms with van der Waals surface area (Å²) >= 11 is 0. The molecule has 2 N–H and O–H groups in total. The topological polar surface area (TPSA) is 47.7 Å². The van der Waals surface area contributed by atoms with Gasteiger partial charge in [-0.2, -0.15) is 0 Å². The average Bonchev–Trinajstić information content (AvgIpc) is 2.48. The third-order valence-corrected chi connectivity index (χ3v) is 4.30. The van der Waals surface area contributed by atoms with Gasteiger partial charge in [-0.05, 0) is 43.0 Å². The first-order valence-corrected chi connectivity index (χ1v) is 7.61. The van der Waals surface area contributed by atoms with Gasteiger partial charge in [-0.25, -0.2) is 0 Å². The van der Waals surface area contributed by atoms with Crippen LogP contribution in [-0.2, 0) is 0 Å². The minimum atomic E-state index is 0.286. The molecule has 2 heterocycles. The van der Waals surface area contributed by atoms with Gasteiger partial charge in [-0.15, -0.1) is 0 Å². The predicted molar refractivity (Wildman–Crippen MR) is 79.2 cm³/mol. The van der Waals surface area contributed by atoms with Crippen LogP contribution in [0.1, 0.15) is 31.4 Å². The van der Waals surface area contributed by atoms with Crippen LogP contribution in [0.3, 0.4) is 0 Å². The van der Waals surface area contributed by atoms with Crippen LogP contribution in [-0.4, -0.2) is 37.7 Å². The van der Waals surface area contributed by atoms with Crippen molar-refractivity contribution in [1.82, 2.24) is 4.90 Å². The maximum Gasteiger partial charge on any atom is 0.161 e. The van der Waals surface area contributed by atoms with E-state index in [1.54, 1.807) is 0 Å². The zero-order valence-corrected chi connectivity index (χ0v) is 12.2. The number of ether oxygens (including phenoxy) is 2. The predicted octanol–water partition coefficient (Wildman–Crippen LogP) is 2.19. The van der Waals surface area contributed by atoms with Gasteiger partial charge in [-0.1, -0.05) is 13.0 Å². The number of fused-ring (bicyclic) bond motifs is 1. The van der Waals surface area contributed by atoms with Crippen molar-refractivity contribution in [2.45, 2.75) is 25.8 Å². The molecule has 2 atom stereocenters. The highest BCUT2D eigenvalue weighted by Crippen LogP contribution is 2.34. The Labute approximate surface area is 120 Å². The molecule has 110 valence electrons. The molecule has 2 unspecified atom stereocenters. The Morgan fingerprint density at radius 2 is 2.10 bits per heavy atom. The number of likely N-dealkylation sites (tertiary alicyclic amines) is 1. The normalized spacial score (nSPS) is 24.4. The van der Waals surface area contributed by atoms with Crippen molar-refractivity contribution in [3.8, 4) is 11.5 Å².